The highest BCUT2D eigenvalue weighted by molar-refractivity contribution is 5.85. The van der Waals surface area contributed by atoms with Crippen LogP contribution in [0.5, 0.6) is 0 Å². The number of hydrogen-bond donors (Lipinski definition) is 1. The molecule has 1 amide bonds. The molecular weight excluding hydrogens is 298 g/mol. The number of carbonyl (C=O) groups excluding carboxylic acids is 1. The number of amides is 1. The zero-order chi connectivity index (χ0) is 17.2. The molecule has 0 bridgehead atoms. The van der Waals surface area contributed by atoms with Crippen LogP contribution in [0.3, 0.4) is 0 Å². The largest absolute Gasteiger partial charge is 0.477 e. The van der Waals surface area contributed by atoms with Crippen LogP contribution < -0.4 is 4.90 Å². The second-order valence-corrected chi connectivity index (χ2v) is 6.69. The molecule has 0 spiro atoms. The van der Waals surface area contributed by atoms with E-state index >= 15 is 0 Å². The minimum absolute atomic E-state index is 0.0175. The predicted octanol–water partition coefficient (Wildman–Crippen LogP) is 2.23. The summed E-state index contributed by atoms with van der Waals surface area (Å²) in [6.07, 6.45) is 2.07. The van der Waals surface area contributed by atoms with Crippen LogP contribution in [-0.4, -0.2) is 58.8 Å². The quantitative estimate of drug-likeness (QED) is 0.919. The van der Waals surface area contributed by atoms with Crippen molar-refractivity contribution in [3.05, 3.63) is 24.0 Å². The number of rotatable bonds is 3. The first kappa shape index (κ1) is 17.1. The molecule has 1 unspecified atom stereocenters. The molecular formula is C16H23N3O4. The summed E-state index contributed by atoms with van der Waals surface area (Å²) in [5.74, 6) is -1.05. The second-order valence-electron chi connectivity index (χ2n) is 6.69. The number of nitrogens with zero attached hydrogens (tertiary/aromatic N) is 3. The molecule has 1 N–H and O–H groups in total. The minimum atomic E-state index is -1.05. The van der Waals surface area contributed by atoms with Crippen molar-refractivity contribution >= 4 is 17.7 Å². The zero-order valence-corrected chi connectivity index (χ0v) is 13.9. The van der Waals surface area contributed by atoms with Gasteiger partial charge in [0.25, 0.3) is 0 Å². The minimum Gasteiger partial charge on any atom is -0.477 e. The highest BCUT2D eigenvalue weighted by Crippen LogP contribution is 2.22. The van der Waals surface area contributed by atoms with Gasteiger partial charge in [0.1, 0.15) is 11.3 Å². The molecule has 1 aliphatic heterocycles. The van der Waals surface area contributed by atoms with Gasteiger partial charge in [-0.3, -0.25) is 0 Å². The zero-order valence-electron chi connectivity index (χ0n) is 13.9. The number of hydrogen-bond acceptors (Lipinski definition) is 5. The van der Waals surface area contributed by atoms with E-state index in [1.54, 1.807) is 17.2 Å². The van der Waals surface area contributed by atoms with Crippen LogP contribution in [0.1, 0.15) is 37.7 Å². The van der Waals surface area contributed by atoms with E-state index < -0.39 is 11.6 Å². The number of carboxylic acid groups (broad SMARTS) is 1. The van der Waals surface area contributed by atoms with Crippen molar-refractivity contribution in [3.8, 4) is 0 Å². The summed E-state index contributed by atoms with van der Waals surface area (Å²) in [5.41, 5.74) is 0.340. The van der Waals surface area contributed by atoms with Gasteiger partial charge in [-0.05, 0) is 39.3 Å². The fourth-order valence-electron chi connectivity index (χ4n) is 2.48. The average molecular weight is 321 g/mol. The molecule has 1 fully saturated rings. The Balaban J connectivity index is 1.98. The molecule has 2 heterocycles. The molecule has 0 aliphatic carbocycles. The normalized spacial score (nSPS) is 17.9. The highest BCUT2D eigenvalue weighted by atomic mass is 16.6. The third-order valence-electron chi connectivity index (χ3n) is 3.74. The van der Waals surface area contributed by atoms with Crippen LogP contribution in [0.4, 0.5) is 10.5 Å². The molecule has 1 aromatic heterocycles. The van der Waals surface area contributed by atoms with Gasteiger partial charge in [0.15, 0.2) is 0 Å². The van der Waals surface area contributed by atoms with Gasteiger partial charge < -0.3 is 19.6 Å². The number of likely N-dealkylation sites (N-methyl/N-ethyl adjacent to an activating group) is 1. The van der Waals surface area contributed by atoms with Crippen molar-refractivity contribution in [1.82, 2.24) is 9.88 Å². The predicted molar refractivity (Wildman–Crippen MR) is 85.8 cm³/mol. The van der Waals surface area contributed by atoms with Gasteiger partial charge >= 0.3 is 12.1 Å². The maximum Gasteiger partial charge on any atom is 0.410 e. The lowest BCUT2D eigenvalue weighted by Gasteiger charge is -2.27. The topological polar surface area (TPSA) is 83.0 Å². The number of ether oxygens (including phenoxy) is 1. The number of aromatic carboxylic acids is 1. The Kier molecular flexibility index (Phi) is 4.77. The summed E-state index contributed by atoms with van der Waals surface area (Å²) in [4.78, 5) is 30.6. The van der Waals surface area contributed by atoms with Crippen LogP contribution in [-0.2, 0) is 4.74 Å². The number of likely N-dealkylation sites (tertiary alicyclic amines) is 1. The number of aromatic nitrogens is 1. The van der Waals surface area contributed by atoms with Crippen molar-refractivity contribution in [2.75, 3.05) is 25.0 Å². The summed E-state index contributed by atoms with van der Waals surface area (Å²) in [6, 6.07) is 3.36. The van der Waals surface area contributed by atoms with Crippen molar-refractivity contribution in [3.63, 3.8) is 0 Å². The van der Waals surface area contributed by atoms with Gasteiger partial charge in [-0.2, -0.15) is 0 Å². The van der Waals surface area contributed by atoms with Crippen LogP contribution in [0.2, 0.25) is 0 Å². The Labute approximate surface area is 135 Å². The molecule has 0 radical (unpaired) electrons. The van der Waals surface area contributed by atoms with Crippen LogP contribution in [0.25, 0.3) is 0 Å². The van der Waals surface area contributed by atoms with E-state index in [1.165, 1.54) is 6.07 Å². The summed E-state index contributed by atoms with van der Waals surface area (Å²) >= 11 is 0. The smallest absolute Gasteiger partial charge is 0.410 e. The maximum absolute atomic E-state index is 12.1. The lowest BCUT2D eigenvalue weighted by molar-refractivity contribution is 0.0292. The molecule has 1 saturated heterocycles. The molecule has 0 aromatic carbocycles. The molecule has 1 atom stereocenters. The Bertz CT molecular complexity index is 580. The highest BCUT2D eigenvalue weighted by Gasteiger charge is 2.31. The summed E-state index contributed by atoms with van der Waals surface area (Å²) in [5, 5.41) is 8.88. The molecule has 1 aromatic rings. The first-order valence-electron chi connectivity index (χ1n) is 7.57. The van der Waals surface area contributed by atoms with Crippen LogP contribution >= 0.6 is 0 Å². The van der Waals surface area contributed by atoms with Crippen molar-refractivity contribution in [1.29, 1.82) is 0 Å². The van der Waals surface area contributed by atoms with Crippen molar-refractivity contribution in [2.24, 2.45) is 0 Å². The van der Waals surface area contributed by atoms with E-state index in [-0.39, 0.29) is 17.8 Å². The van der Waals surface area contributed by atoms with E-state index in [0.29, 0.717) is 13.1 Å². The molecule has 2 rings (SSSR count). The Morgan fingerprint density at radius 2 is 2.09 bits per heavy atom. The second kappa shape index (κ2) is 6.44. The molecule has 126 valence electrons. The van der Waals surface area contributed by atoms with E-state index in [4.69, 9.17) is 9.84 Å². The molecule has 7 nitrogen and oxygen atoms in total. The van der Waals surface area contributed by atoms with E-state index in [2.05, 4.69) is 4.98 Å². The van der Waals surface area contributed by atoms with Gasteiger partial charge in [0, 0.05) is 26.2 Å². The van der Waals surface area contributed by atoms with Crippen molar-refractivity contribution in [2.45, 2.75) is 38.8 Å². The third-order valence-corrected chi connectivity index (χ3v) is 3.74. The Morgan fingerprint density at radius 3 is 2.61 bits per heavy atom. The Hall–Kier alpha value is -2.31. The number of carboxylic acids is 1. The fraction of sp³-hybridized carbons (Fsp3) is 0.562. The molecule has 7 heteroatoms. The summed E-state index contributed by atoms with van der Waals surface area (Å²) in [7, 11) is 1.92. The lowest BCUT2D eigenvalue weighted by atomic mass is 10.2. The first-order chi connectivity index (χ1) is 10.7. The van der Waals surface area contributed by atoms with Gasteiger partial charge in [-0.25, -0.2) is 14.6 Å². The van der Waals surface area contributed by atoms with Gasteiger partial charge in [-0.15, -0.1) is 0 Å². The van der Waals surface area contributed by atoms with Gasteiger partial charge in [0.2, 0.25) is 0 Å². The van der Waals surface area contributed by atoms with Gasteiger partial charge in [-0.1, -0.05) is 0 Å². The number of anilines is 1. The standard InChI is InChI=1S/C16H23N3O4/c1-16(2,3)23-15(22)19-8-7-12(10-19)18(4)11-5-6-13(14(20)21)17-9-11/h5-6,9,12H,7-8,10H2,1-4H3,(H,20,21). The average Bonchev–Trinajstić information content (AvgIpc) is 2.94. The Morgan fingerprint density at radius 1 is 1.39 bits per heavy atom. The van der Waals surface area contributed by atoms with E-state index in [1.807, 2.05) is 32.7 Å². The van der Waals surface area contributed by atoms with Crippen LogP contribution in [0.15, 0.2) is 18.3 Å². The fourth-order valence-corrected chi connectivity index (χ4v) is 2.48. The van der Waals surface area contributed by atoms with Crippen LogP contribution in [0, 0.1) is 0 Å². The summed E-state index contributed by atoms with van der Waals surface area (Å²) in [6.45, 7) is 6.76. The van der Waals surface area contributed by atoms with E-state index in [9.17, 15) is 9.59 Å². The van der Waals surface area contributed by atoms with Crippen molar-refractivity contribution < 1.29 is 19.4 Å². The lowest BCUT2D eigenvalue weighted by Crippen LogP contribution is -2.39. The van der Waals surface area contributed by atoms with E-state index in [0.717, 1.165) is 12.1 Å². The summed E-state index contributed by atoms with van der Waals surface area (Å²) < 4.78 is 5.39. The molecule has 1 aliphatic rings. The maximum atomic E-state index is 12.1. The first-order valence-corrected chi connectivity index (χ1v) is 7.57. The monoisotopic (exact) mass is 321 g/mol. The number of carbonyl (C=O) groups is 2. The molecule has 23 heavy (non-hydrogen) atoms. The third kappa shape index (κ3) is 4.34. The number of pyridine rings is 1. The SMILES string of the molecule is CN(c1ccc(C(=O)O)nc1)C1CCN(C(=O)OC(C)(C)C)C1. The molecule has 0 saturated carbocycles. The van der Waals surface area contributed by atoms with Gasteiger partial charge in [0.05, 0.1) is 11.9 Å².